The van der Waals surface area contributed by atoms with Gasteiger partial charge in [-0.2, -0.15) is 8.42 Å². The second-order valence-electron chi connectivity index (χ2n) is 3.27. The standard InChI is InChI=1S/C10H12N2O4S/c1-8(13)11-12(9(2)14)17(15,16)10-6-4-3-5-7-10/h3-7H,1-2H3,(H,11,13). The molecule has 1 N–H and O–H groups in total. The lowest BCUT2D eigenvalue weighted by atomic mass is 10.4. The fourth-order valence-corrected chi connectivity index (χ4v) is 2.45. The number of sulfonamides is 1. The second-order valence-corrected chi connectivity index (χ2v) is 5.06. The number of nitrogens with one attached hydrogen (secondary N) is 1. The van der Waals surface area contributed by atoms with Crippen molar-refractivity contribution in [3.8, 4) is 0 Å². The number of hydrogen-bond acceptors (Lipinski definition) is 4. The van der Waals surface area contributed by atoms with E-state index in [0.717, 1.165) is 13.8 Å². The summed E-state index contributed by atoms with van der Waals surface area (Å²) in [4.78, 5) is 22.0. The normalized spacial score (nSPS) is 10.7. The van der Waals surface area contributed by atoms with Crippen molar-refractivity contribution in [3.05, 3.63) is 30.3 Å². The van der Waals surface area contributed by atoms with E-state index in [1.165, 1.54) is 24.3 Å². The molecule has 0 atom stereocenters. The molecule has 0 unspecified atom stereocenters. The molecule has 1 aromatic rings. The van der Waals surface area contributed by atoms with Crippen LogP contribution in [0.15, 0.2) is 35.2 Å². The van der Waals surface area contributed by atoms with Gasteiger partial charge in [-0.15, -0.1) is 4.41 Å². The summed E-state index contributed by atoms with van der Waals surface area (Å²) < 4.78 is 24.3. The minimum absolute atomic E-state index is 0.0658. The second kappa shape index (κ2) is 4.96. The van der Waals surface area contributed by atoms with Gasteiger partial charge in [-0.25, -0.2) is 0 Å². The Hall–Kier alpha value is -1.89. The van der Waals surface area contributed by atoms with Crippen LogP contribution in [0.3, 0.4) is 0 Å². The zero-order valence-electron chi connectivity index (χ0n) is 9.38. The number of nitrogens with zero attached hydrogens (tertiary/aromatic N) is 1. The number of carbonyl (C=O) groups is 2. The van der Waals surface area contributed by atoms with Crippen LogP contribution >= 0.6 is 0 Å². The third-order valence-electron chi connectivity index (χ3n) is 1.83. The van der Waals surface area contributed by atoms with Crippen molar-refractivity contribution < 1.29 is 18.0 Å². The number of carbonyl (C=O) groups excluding carboxylic acids is 2. The first-order valence-corrected chi connectivity index (χ1v) is 6.18. The third kappa shape index (κ3) is 3.04. The first-order chi connectivity index (χ1) is 7.85. The predicted octanol–water partition coefficient (Wildman–Crippen LogP) is 0.275. The monoisotopic (exact) mass is 256 g/mol. The van der Waals surface area contributed by atoms with Crippen molar-refractivity contribution in [2.24, 2.45) is 0 Å². The van der Waals surface area contributed by atoms with Gasteiger partial charge in [0, 0.05) is 13.8 Å². The Morgan fingerprint density at radius 1 is 1.12 bits per heavy atom. The fraction of sp³-hybridized carbons (Fsp3) is 0.200. The van der Waals surface area contributed by atoms with Crippen LogP contribution in [-0.4, -0.2) is 24.6 Å². The van der Waals surface area contributed by atoms with Crippen molar-refractivity contribution in [3.63, 3.8) is 0 Å². The Bertz CT molecular complexity index is 524. The Morgan fingerprint density at radius 3 is 2.06 bits per heavy atom. The number of rotatable bonds is 2. The largest absolute Gasteiger partial charge is 0.284 e. The summed E-state index contributed by atoms with van der Waals surface area (Å²) in [6.07, 6.45) is 0. The summed E-state index contributed by atoms with van der Waals surface area (Å²) in [7, 11) is -4.04. The molecule has 0 saturated carbocycles. The maximum atomic E-state index is 12.0. The van der Waals surface area contributed by atoms with Crippen LogP contribution in [0.2, 0.25) is 0 Å². The molecule has 0 fully saturated rings. The molecular weight excluding hydrogens is 244 g/mol. The Labute approximate surface area is 99.3 Å². The number of amides is 2. The van der Waals surface area contributed by atoms with E-state index in [2.05, 4.69) is 0 Å². The summed E-state index contributed by atoms with van der Waals surface area (Å²) >= 11 is 0. The highest BCUT2D eigenvalue weighted by atomic mass is 32.2. The molecular formula is C10H12N2O4S. The van der Waals surface area contributed by atoms with E-state index >= 15 is 0 Å². The lowest BCUT2D eigenvalue weighted by Crippen LogP contribution is -2.47. The highest BCUT2D eigenvalue weighted by molar-refractivity contribution is 7.89. The highest BCUT2D eigenvalue weighted by Crippen LogP contribution is 2.13. The average Bonchev–Trinajstić information content (AvgIpc) is 2.26. The summed E-state index contributed by atoms with van der Waals surface area (Å²) in [6.45, 7) is 2.17. The van der Waals surface area contributed by atoms with Crippen molar-refractivity contribution in [1.29, 1.82) is 0 Å². The average molecular weight is 256 g/mol. The van der Waals surface area contributed by atoms with Crippen molar-refractivity contribution in [1.82, 2.24) is 9.84 Å². The molecule has 0 radical (unpaired) electrons. The molecule has 0 saturated heterocycles. The Balaban J connectivity index is 3.19. The molecule has 0 bridgehead atoms. The van der Waals surface area contributed by atoms with E-state index < -0.39 is 21.8 Å². The third-order valence-corrected chi connectivity index (χ3v) is 3.52. The lowest BCUT2D eigenvalue weighted by molar-refractivity contribution is -0.133. The molecule has 0 aromatic heterocycles. The van der Waals surface area contributed by atoms with Gasteiger partial charge in [-0.05, 0) is 12.1 Å². The summed E-state index contributed by atoms with van der Waals surface area (Å²) in [5, 5.41) is 0. The van der Waals surface area contributed by atoms with Gasteiger partial charge in [0.25, 0.3) is 15.9 Å². The lowest BCUT2D eigenvalue weighted by Gasteiger charge is -2.20. The van der Waals surface area contributed by atoms with E-state index in [1.54, 1.807) is 6.07 Å². The highest BCUT2D eigenvalue weighted by Gasteiger charge is 2.27. The Kier molecular flexibility index (Phi) is 3.84. The van der Waals surface area contributed by atoms with E-state index in [1.807, 2.05) is 5.43 Å². The van der Waals surface area contributed by atoms with Crippen LogP contribution in [0.1, 0.15) is 13.8 Å². The van der Waals surface area contributed by atoms with E-state index in [9.17, 15) is 18.0 Å². The van der Waals surface area contributed by atoms with E-state index in [0.29, 0.717) is 4.41 Å². The maximum Gasteiger partial charge on any atom is 0.284 e. The SMILES string of the molecule is CC(=O)NN(C(C)=O)S(=O)(=O)c1ccccc1. The van der Waals surface area contributed by atoms with Crippen LogP contribution < -0.4 is 5.43 Å². The first kappa shape index (κ1) is 13.2. The smallest absolute Gasteiger partial charge is 0.274 e. The molecule has 0 heterocycles. The van der Waals surface area contributed by atoms with E-state index in [4.69, 9.17) is 0 Å². The van der Waals surface area contributed by atoms with Crippen molar-refractivity contribution >= 4 is 21.8 Å². The molecule has 6 nitrogen and oxygen atoms in total. The van der Waals surface area contributed by atoms with Gasteiger partial charge >= 0.3 is 0 Å². The molecule has 0 spiro atoms. The maximum absolute atomic E-state index is 12.0. The van der Waals surface area contributed by atoms with Gasteiger partial charge in [0.2, 0.25) is 5.91 Å². The van der Waals surface area contributed by atoms with Crippen LogP contribution in [0, 0.1) is 0 Å². The molecule has 0 aliphatic rings. The first-order valence-electron chi connectivity index (χ1n) is 4.74. The fourth-order valence-electron chi connectivity index (χ4n) is 1.15. The van der Waals surface area contributed by atoms with Gasteiger partial charge in [-0.3, -0.25) is 15.0 Å². The topological polar surface area (TPSA) is 83.6 Å². The van der Waals surface area contributed by atoms with Crippen LogP contribution in [0.5, 0.6) is 0 Å². The predicted molar refractivity (Wildman–Crippen MR) is 60.0 cm³/mol. The molecule has 2 amide bonds. The zero-order chi connectivity index (χ0) is 13.1. The minimum atomic E-state index is -4.04. The molecule has 17 heavy (non-hydrogen) atoms. The minimum Gasteiger partial charge on any atom is -0.274 e. The molecule has 0 aliphatic heterocycles. The number of hydrogen-bond donors (Lipinski definition) is 1. The molecule has 1 aromatic carbocycles. The summed E-state index contributed by atoms with van der Waals surface area (Å²) in [5.74, 6) is -1.43. The van der Waals surface area contributed by atoms with Crippen molar-refractivity contribution in [2.75, 3.05) is 0 Å². The molecule has 0 aliphatic carbocycles. The van der Waals surface area contributed by atoms with Crippen LogP contribution in [0.25, 0.3) is 0 Å². The summed E-state index contributed by atoms with van der Waals surface area (Å²) in [5.41, 5.74) is 1.97. The quantitative estimate of drug-likeness (QED) is 0.770. The molecule has 7 heteroatoms. The number of hydrazine groups is 1. The summed E-state index contributed by atoms with van der Waals surface area (Å²) in [6, 6.07) is 7.38. The zero-order valence-corrected chi connectivity index (χ0v) is 10.2. The van der Waals surface area contributed by atoms with Crippen molar-refractivity contribution in [2.45, 2.75) is 18.7 Å². The number of benzene rings is 1. The Morgan fingerprint density at radius 2 is 1.65 bits per heavy atom. The molecule has 92 valence electrons. The van der Waals surface area contributed by atoms with Crippen LogP contribution in [0.4, 0.5) is 0 Å². The van der Waals surface area contributed by atoms with Gasteiger partial charge < -0.3 is 0 Å². The van der Waals surface area contributed by atoms with E-state index in [-0.39, 0.29) is 4.90 Å². The van der Waals surface area contributed by atoms with Gasteiger partial charge in [0.05, 0.1) is 4.90 Å². The van der Waals surface area contributed by atoms with Gasteiger partial charge in [-0.1, -0.05) is 18.2 Å². The van der Waals surface area contributed by atoms with Gasteiger partial charge in [0.15, 0.2) is 0 Å². The van der Waals surface area contributed by atoms with Crippen LogP contribution in [-0.2, 0) is 19.6 Å². The van der Waals surface area contributed by atoms with Gasteiger partial charge in [0.1, 0.15) is 0 Å². The molecule has 1 rings (SSSR count).